The van der Waals surface area contributed by atoms with E-state index in [9.17, 15) is 0 Å². The molecule has 17 heavy (non-hydrogen) atoms. The molecule has 3 N–H and O–H groups in total. The van der Waals surface area contributed by atoms with Crippen LogP contribution in [0.3, 0.4) is 0 Å². The second kappa shape index (κ2) is 6.53. The number of nitrogens with two attached hydrogens (primary N) is 1. The van der Waals surface area contributed by atoms with E-state index in [1.165, 1.54) is 32.2 Å². The fourth-order valence-electron chi connectivity index (χ4n) is 2.15. The molecule has 4 heteroatoms. The standard InChI is InChI=1S/C13H19ClN2S/c14-12-9-10(15)5-6-13(12)17-8-2-4-11-3-1-7-16-11/h5-6,9,11,16H,1-4,7-8,15H2. The van der Waals surface area contributed by atoms with E-state index in [0.29, 0.717) is 0 Å². The number of nitrogen functional groups attached to an aromatic ring is 1. The van der Waals surface area contributed by atoms with Crippen molar-refractivity contribution in [1.82, 2.24) is 5.32 Å². The predicted octanol–water partition coefficient (Wildman–Crippen LogP) is 3.55. The number of hydrogen-bond acceptors (Lipinski definition) is 3. The van der Waals surface area contributed by atoms with Crippen molar-refractivity contribution < 1.29 is 0 Å². The molecule has 1 heterocycles. The molecule has 0 aromatic heterocycles. The van der Waals surface area contributed by atoms with Crippen LogP contribution in [0.1, 0.15) is 25.7 Å². The molecule has 0 aliphatic carbocycles. The van der Waals surface area contributed by atoms with E-state index in [4.69, 9.17) is 17.3 Å². The summed E-state index contributed by atoms with van der Waals surface area (Å²) in [4.78, 5) is 1.14. The molecule has 1 atom stereocenters. The van der Waals surface area contributed by atoms with Gasteiger partial charge in [-0.2, -0.15) is 0 Å². The molecule has 2 rings (SSSR count). The smallest absolute Gasteiger partial charge is 0.0562 e. The van der Waals surface area contributed by atoms with Gasteiger partial charge in [0.2, 0.25) is 0 Å². The normalized spacial score (nSPS) is 19.7. The average Bonchev–Trinajstić information content (AvgIpc) is 2.79. The van der Waals surface area contributed by atoms with Crippen LogP contribution in [0.2, 0.25) is 5.02 Å². The van der Waals surface area contributed by atoms with Gasteiger partial charge in [0.05, 0.1) is 5.02 Å². The molecule has 0 radical (unpaired) electrons. The van der Waals surface area contributed by atoms with E-state index in [1.807, 2.05) is 30.0 Å². The molecule has 0 amide bonds. The predicted molar refractivity (Wildman–Crippen MR) is 76.8 cm³/mol. The van der Waals surface area contributed by atoms with Crippen molar-refractivity contribution in [1.29, 1.82) is 0 Å². The van der Waals surface area contributed by atoms with Crippen LogP contribution in [0.25, 0.3) is 0 Å². The first-order valence-electron chi connectivity index (χ1n) is 6.17. The number of thioether (sulfide) groups is 1. The van der Waals surface area contributed by atoms with Gasteiger partial charge in [-0.05, 0) is 56.2 Å². The maximum Gasteiger partial charge on any atom is 0.0562 e. The quantitative estimate of drug-likeness (QED) is 0.488. The Labute approximate surface area is 112 Å². The fourth-order valence-corrected chi connectivity index (χ4v) is 3.39. The van der Waals surface area contributed by atoms with Crippen LogP contribution in [-0.4, -0.2) is 18.3 Å². The molecular formula is C13H19ClN2S. The van der Waals surface area contributed by atoms with E-state index in [-0.39, 0.29) is 0 Å². The Balaban J connectivity index is 1.70. The third kappa shape index (κ3) is 4.09. The highest BCUT2D eigenvalue weighted by Crippen LogP contribution is 2.29. The van der Waals surface area contributed by atoms with Gasteiger partial charge >= 0.3 is 0 Å². The lowest BCUT2D eigenvalue weighted by molar-refractivity contribution is 0.553. The van der Waals surface area contributed by atoms with Crippen molar-refractivity contribution in [2.45, 2.75) is 36.6 Å². The molecule has 1 aliphatic heterocycles. The van der Waals surface area contributed by atoms with Gasteiger partial charge in [-0.25, -0.2) is 0 Å². The minimum Gasteiger partial charge on any atom is -0.399 e. The molecule has 1 aliphatic rings. The largest absolute Gasteiger partial charge is 0.399 e. The average molecular weight is 271 g/mol. The molecule has 1 aromatic rings. The zero-order valence-electron chi connectivity index (χ0n) is 9.92. The molecule has 94 valence electrons. The maximum absolute atomic E-state index is 6.12. The Morgan fingerprint density at radius 2 is 2.35 bits per heavy atom. The first kappa shape index (κ1) is 13.1. The molecule has 0 spiro atoms. The Morgan fingerprint density at radius 1 is 1.47 bits per heavy atom. The highest BCUT2D eigenvalue weighted by molar-refractivity contribution is 7.99. The number of anilines is 1. The van der Waals surface area contributed by atoms with E-state index in [1.54, 1.807) is 0 Å². The van der Waals surface area contributed by atoms with E-state index >= 15 is 0 Å². The van der Waals surface area contributed by atoms with E-state index in [0.717, 1.165) is 27.4 Å². The summed E-state index contributed by atoms with van der Waals surface area (Å²) in [5.41, 5.74) is 6.39. The summed E-state index contributed by atoms with van der Waals surface area (Å²) in [6, 6.07) is 6.49. The Hall–Kier alpha value is -0.380. The number of benzene rings is 1. The molecule has 1 fully saturated rings. The minimum absolute atomic E-state index is 0.731. The monoisotopic (exact) mass is 270 g/mol. The fraction of sp³-hybridized carbons (Fsp3) is 0.538. The summed E-state index contributed by atoms with van der Waals surface area (Å²) in [7, 11) is 0. The minimum atomic E-state index is 0.731. The Bertz CT molecular complexity index is 364. The summed E-state index contributed by atoms with van der Waals surface area (Å²) >= 11 is 7.95. The van der Waals surface area contributed by atoms with Crippen LogP contribution in [0.15, 0.2) is 23.1 Å². The number of nitrogens with one attached hydrogen (secondary N) is 1. The summed E-state index contributed by atoms with van der Waals surface area (Å²) < 4.78 is 0. The van der Waals surface area contributed by atoms with E-state index < -0.39 is 0 Å². The number of hydrogen-bond donors (Lipinski definition) is 2. The van der Waals surface area contributed by atoms with Gasteiger partial charge in [-0.15, -0.1) is 11.8 Å². The van der Waals surface area contributed by atoms with Gasteiger partial charge in [0.15, 0.2) is 0 Å². The molecular weight excluding hydrogens is 252 g/mol. The summed E-state index contributed by atoms with van der Waals surface area (Å²) in [5.74, 6) is 1.13. The molecule has 1 saturated heterocycles. The van der Waals surface area contributed by atoms with Gasteiger partial charge in [0.1, 0.15) is 0 Å². The van der Waals surface area contributed by atoms with Crippen molar-refractivity contribution in [2.75, 3.05) is 18.0 Å². The summed E-state index contributed by atoms with van der Waals surface area (Å²) in [6.45, 7) is 1.20. The maximum atomic E-state index is 6.12. The zero-order valence-corrected chi connectivity index (χ0v) is 11.5. The zero-order chi connectivity index (χ0) is 12.1. The second-order valence-electron chi connectivity index (χ2n) is 4.47. The topological polar surface area (TPSA) is 38.0 Å². The van der Waals surface area contributed by atoms with Gasteiger partial charge in [0.25, 0.3) is 0 Å². The molecule has 2 nitrogen and oxygen atoms in total. The second-order valence-corrected chi connectivity index (χ2v) is 6.02. The molecule has 1 aromatic carbocycles. The SMILES string of the molecule is Nc1ccc(SCCCC2CCCN2)c(Cl)c1. The van der Waals surface area contributed by atoms with Crippen LogP contribution < -0.4 is 11.1 Å². The van der Waals surface area contributed by atoms with Crippen molar-refractivity contribution in [3.63, 3.8) is 0 Å². The number of halogens is 1. The van der Waals surface area contributed by atoms with Crippen LogP contribution >= 0.6 is 23.4 Å². The third-order valence-electron chi connectivity index (χ3n) is 3.07. The Morgan fingerprint density at radius 3 is 3.06 bits per heavy atom. The molecule has 0 saturated carbocycles. The lowest BCUT2D eigenvalue weighted by Gasteiger charge is -2.09. The van der Waals surface area contributed by atoms with Crippen LogP contribution in [0, 0.1) is 0 Å². The summed E-state index contributed by atoms with van der Waals surface area (Å²) in [5, 5.41) is 4.29. The van der Waals surface area contributed by atoms with Crippen molar-refractivity contribution in [2.24, 2.45) is 0 Å². The van der Waals surface area contributed by atoms with Crippen LogP contribution in [0.4, 0.5) is 5.69 Å². The first-order valence-corrected chi connectivity index (χ1v) is 7.53. The van der Waals surface area contributed by atoms with Gasteiger partial charge < -0.3 is 11.1 Å². The third-order valence-corrected chi connectivity index (χ3v) is 4.66. The van der Waals surface area contributed by atoms with E-state index in [2.05, 4.69) is 5.32 Å². The van der Waals surface area contributed by atoms with Gasteiger partial charge in [-0.3, -0.25) is 0 Å². The molecule has 1 unspecified atom stereocenters. The Kier molecular flexibility index (Phi) is 5.01. The summed E-state index contributed by atoms with van der Waals surface area (Å²) in [6.07, 6.45) is 5.19. The van der Waals surface area contributed by atoms with Gasteiger partial charge in [0, 0.05) is 16.6 Å². The highest BCUT2D eigenvalue weighted by atomic mass is 35.5. The van der Waals surface area contributed by atoms with Crippen LogP contribution in [0.5, 0.6) is 0 Å². The highest BCUT2D eigenvalue weighted by Gasteiger charge is 2.13. The van der Waals surface area contributed by atoms with Crippen molar-refractivity contribution in [3.05, 3.63) is 23.2 Å². The van der Waals surface area contributed by atoms with Crippen molar-refractivity contribution >= 4 is 29.1 Å². The molecule has 0 bridgehead atoms. The van der Waals surface area contributed by atoms with Crippen molar-refractivity contribution in [3.8, 4) is 0 Å². The number of rotatable bonds is 5. The lowest BCUT2D eigenvalue weighted by atomic mass is 10.1. The lowest BCUT2D eigenvalue weighted by Crippen LogP contribution is -2.20. The van der Waals surface area contributed by atoms with Crippen LogP contribution in [-0.2, 0) is 0 Å². The first-order chi connectivity index (χ1) is 8.25. The van der Waals surface area contributed by atoms with Gasteiger partial charge in [-0.1, -0.05) is 11.6 Å².